The van der Waals surface area contributed by atoms with Crippen molar-refractivity contribution < 1.29 is 5.11 Å². The third-order valence-corrected chi connectivity index (χ3v) is 5.04. The van der Waals surface area contributed by atoms with Gasteiger partial charge < -0.3 is 5.11 Å². The summed E-state index contributed by atoms with van der Waals surface area (Å²) in [5, 5.41) is 10.3. The van der Waals surface area contributed by atoms with Crippen LogP contribution in [-0.2, 0) is 0 Å². The largest absolute Gasteiger partial charge is 0.391 e. The topological polar surface area (TPSA) is 23.5 Å². The fraction of sp³-hybridized carbons (Fsp3) is 1.00. The summed E-state index contributed by atoms with van der Waals surface area (Å²) in [7, 11) is 0. The molecule has 1 N–H and O–H groups in total. The molecule has 1 aliphatic carbocycles. The van der Waals surface area contributed by atoms with Gasteiger partial charge in [0, 0.05) is 6.04 Å². The van der Waals surface area contributed by atoms with Crippen LogP contribution < -0.4 is 0 Å². The Hall–Kier alpha value is -0.0800. The van der Waals surface area contributed by atoms with Crippen LogP contribution in [-0.4, -0.2) is 35.2 Å². The zero-order chi connectivity index (χ0) is 12.4. The second kappa shape index (κ2) is 5.71. The Morgan fingerprint density at radius 1 is 1.12 bits per heavy atom. The highest BCUT2D eigenvalue weighted by molar-refractivity contribution is 4.91. The Kier molecular flexibility index (Phi) is 4.48. The third-order valence-electron chi connectivity index (χ3n) is 5.04. The highest BCUT2D eigenvalue weighted by Gasteiger charge is 2.37. The smallest absolute Gasteiger partial charge is 0.0700 e. The van der Waals surface area contributed by atoms with Gasteiger partial charge in [0.25, 0.3) is 0 Å². The molecule has 1 saturated heterocycles. The normalized spacial score (nSPS) is 41.6. The van der Waals surface area contributed by atoms with Crippen LogP contribution in [0.4, 0.5) is 0 Å². The van der Waals surface area contributed by atoms with E-state index in [4.69, 9.17) is 0 Å². The number of likely N-dealkylation sites (tertiary alicyclic amines) is 1. The monoisotopic (exact) mass is 239 g/mol. The van der Waals surface area contributed by atoms with E-state index >= 15 is 0 Å². The lowest BCUT2D eigenvalue weighted by atomic mass is 9.76. The van der Waals surface area contributed by atoms with E-state index in [0.29, 0.717) is 17.9 Å². The molecule has 2 fully saturated rings. The Balaban J connectivity index is 1.93. The summed E-state index contributed by atoms with van der Waals surface area (Å²) in [4.78, 5) is 2.58. The molecule has 17 heavy (non-hydrogen) atoms. The van der Waals surface area contributed by atoms with Crippen LogP contribution in [0, 0.1) is 17.8 Å². The van der Waals surface area contributed by atoms with Crippen LogP contribution in [0.5, 0.6) is 0 Å². The van der Waals surface area contributed by atoms with E-state index in [2.05, 4.69) is 25.7 Å². The number of hydrogen-bond donors (Lipinski definition) is 1. The quantitative estimate of drug-likeness (QED) is 0.801. The van der Waals surface area contributed by atoms with Gasteiger partial charge in [-0.15, -0.1) is 0 Å². The number of aliphatic hydroxyl groups is 1. The van der Waals surface area contributed by atoms with Crippen molar-refractivity contribution in [3.63, 3.8) is 0 Å². The first kappa shape index (κ1) is 13.4. The van der Waals surface area contributed by atoms with Crippen molar-refractivity contribution in [2.45, 2.75) is 65.0 Å². The molecule has 2 heteroatoms. The summed E-state index contributed by atoms with van der Waals surface area (Å²) in [5.41, 5.74) is 0. The molecule has 0 aromatic rings. The fourth-order valence-electron chi connectivity index (χ4n) is 4.06. The average molecular weight is 239 g/mol. The minimum Gasteiger partial charge on any atom is -0.391 e. The first-order valence-electron chi connectivity index (χ1n) is 7.54. The molecule has 0 amide bonds. The predicted octanol–water partition coefficient (Wildman–Crippen LogP) is 2.90. The van der Waals surface area contributed by atoms with Crippen molar-refractivity contribution in [2.75, 3.05) is 13.1 Å². The maximum atomic E-state index is 10.3. The molecule has 2 rings (SSSR count). The molecule has 4 atom stereocenters. The number of piperidine rings is 1. The van der Waals surface area contributed by atoms with Crippen molar-refractivity contribution in [2.24, 2.45) is 17.8 Å². The van der Waals surface area contributed by atoms with Gasteiger partial charge in [0.15, 0.2) is 0 Å². The first-order chi connectivity index (χ1) is 8.11. The molecular weight excluding hydrogens is 210 g/mol. The zero-order valence-electron chi connectivity index (χ0n) is 11.7. The van der Waals surface area contributed by atoms with Gasteiger partial charge in [-0.2, -0.15) is 0 Å². The molecule has 4 unspecified atom stereocenters. The lowest BCUT2D eigenvalue weighted by molar-refractivity contribution is -0.0363. The summed E-state index contributed by atoms with van der Waals surface area (Å²) in [6, 6.07) is 0.434. The number of hydrogen-bond acceptors (Lipinski definition) is 2. The SMILES string of the molecule is CCC1CCN(C2C(C)CC(C)CC2O)CC1. The van der Waals surface area contributed by atoms with Gasteiger partial charge in [-0.25, -0.2) is 0 Å². The number of nitrogens with zero attached hydrogens (tertiary/aromatic N) is 1. The summed E-state index contributed by atoms with van der Waals surface area (Å²) < 4.78 is 0. The van der Waals surface area contributed by atoms with Crippen LogP contribution in [0.15, 0.2) is 0 Å². The van der Waals surface area contributed by atoms with Crippen molar-refractivity contribution in [1.82, 2.24) is 4.90 Å². The van der Waals surface area contributed by atoms with E-state index in [1.54, 1.807) is 0 Å². The molecule has 1 aliphatic heterocycles. The molecule has 1 heterocycles. The standard InChI is InChI=1S/C15H29NO/c1-4-13-5-7-16(8-6-13)15-12(3)9-11(2)10-14(15)17/h11-15,17H,4-10H2,1-3H3. The second-order valence-electron chi connectivity index (χ2n) is 6.50. The molecule has 0 radical (unpaired) electrons. The van der Waals surface area contributed by atoms with Crippen molar-refractivity contribution >= 4 is 0 Å². The lowest BCUT2D eigenvalue weighted by Gasteiger charge is -2.46. The van der Waals surface area contributed by atoms with Gasteiger partial charge in [0.1, 0.15) is 0 Å². The third kappa shape index (κ3) is 3.03. The van der Waals surface area contributed by atoms with E-state index < -0.39 is 0 Å². The van der Waals surface area contributed by atoms with E-state index in [9.17, 15) is 5.11 Å². The van der Waals surface area contributed by atoms with Crippen LogP contribution in [0.2, 0.25) is 0 Å². The molecule has 2 nitrogen and oxygen atoms in total. The van der Waals surface area contributed by atoms with E-state index in [0.717, 1.165) is 12.3 Å². The van der Waals surface area contributed by atoms with E-state index in [1.165, 1.54) is 38.8 Å². The Morgan fingerprint density at radius 2 is 1.76 bits per heavy atom. The van der Waals surface area contributed by atoms with Crippen LogP contribution in [0.25, 0.3) is 0 Å². The minimum atomic E-state index is -0.0908. The van der Waals surface area contributed by atoms with Gasteiger partial charge in [0.2, 0.25) is 0 Å². The van der Waals surface area contributed by atoms with Gasteiger partial charge in [-0.3, -0.25) is 4.90 Å². The second-order valence-corrected chi connectivity index (χ2v) is 6.50. The molecule has 2 aliphatic rings. The van der Waals surface area contributed by atoms with Gasteiger partial charge in [0.05, 0.1) is 6.10 Å². The lowest BCUT2D eigenvalue weighted by Crippen LogP contribution is -2.53. The molecule has 0 bridgehead atoms. The van der Waals surface area contributed by atoms with E-state index in [-0.39, 0.29) is 6.10 Å². The molecule has 0 aromatic carbocycles. The molecule has 1 saturated carbocycles. The predicted molar refractivity (Wildman–Crippen MR) is 71.9 cm³/mol. The summed E-state index contributed by atoms with van der Waals surface area (Å²) in [6.07, 6.45) is 6.20. The Bertz CT molecular complexity index is 223. The van der Waals surface area contributed by atoms with E-state index in [1.807, 2.05) is 0 Å². The zero-order valence-corrected chi connectivity index (χ0v) is 11.7. The summed E-state index contributed by atoms with van der Waals surface area (Å²) in [6.45, 7) is 9.33. The van der Waals surface area contributed by atoms with Crippen molar-refractivity contribution in [3.05, 3.63) is 0 Å². The van der Waals surface area contributed by atoms with Crippen LogP contribution in [0.1, 0.15) is 52.9 Å². The fourth-order valence-corrected chi connectivity index (χ4v) is 4.06. The highest BCUT2D eigenvalue weighted by Crippen LogP contribution is 2.34. The molecule has 100 valence electrons. The summed E-state index contributed by atoms with van der Waals surface area (Å²) >= 11 is 0. The van der Waals surface area contributed by atoms with Crippen molar-refractivity contribution in [3.8, 4) is 0 Å². The molecular formula is C15H29NO. The van der Waals surface area contributed by atoms with Gasteiger partial charge >= 0.3 is 0 Å². The maximum absolute atomic E-state index is 10.3. The van der Waals surface area contributed by atoms with Crippen LogP contribution in [0.3, 0.4) is 0 Å². The first-order valence-corrected chi connectivity index (χ1v) is 7.54. The highest BCUT2D eigenvalue weighted by atomic mass is 16.3. The van der Waals surface area contributed by atoms with Crippen molar-refractivity contribution in [1.29, 1.82) is 0 Å². The van der Waals surface area contributed by atoms with Crippen LogP contribution >= 0.6 is 0 Å². The van der Waals surface area contributed by atoms with Gasteiger partial charge in [-0.1, -0.05) is 27.2 Å². The van der Waals surface area contributed by atoms with Gasteiger partial charge in [-0.05, 0) is 56.5 Å². The molecule has 0 aromatic heterocycles. The summed E-state index contributed by atoms with van der Waals surface area (Å²) in [5.74, 6) is 2.29. The maximum Gasteiger partial charge on any atom is 0.0700 e. The number of aliphatic hydroxyl groups excluding tert-OH is 1. The average Bonchev–Trinajstić information content (AvgIpc) is 2.28. The molecule has 0 spiro atoms. The Morgan fingerprint density at radius 3 is 2.29 bits per heavy atom. The Labute approximate surface area is 106 Å². The minimum absolute atomic E-state index is 0.0908. The number of rotatable bonds is 2.